The van der Waals surface area contributed by atoms with Crippen LogP contribution in [0.2, 0.25) is 0 Å². The average molecular weight is 458 g/mol. The molecule has 1 aliphatic rings. The van der Waals surface area contributed by atoms with Crippen LogP contribution >= 0.6 is 22.7 Å². The lowest BCUT2D eigenvalue weighted by atomic mass is 10.1. The van der Waals surface area contributed by atoms with Crippen LogP contribution in [0.4, 0.5) is 10.8 Å². The van der Waals surface area contributed by atoms with Crippen molar-refractivity contribution in [3.8, 4) is 17.0 Å². The Morgan fingerprint density at radius 1 is 1.26 bits per heavy atom. The molecular weight excluding hydrogens is 434 g/mol. The molecule has 1 N–H and O–H groups in total. The molecule has 0 bridgehead atoms. The Morgan fingerprint density at radius 2 is 2.10 bits per heavy atom. The SMILES string of the molecule is CCCc1nc(-c2ccc3c(c2)N(CC(=O)Nc2nnc(CC)s2)C(=O)C(C)O3)cs1. The second-order valence-electron chi connectivity index (χ2n) is 7.15. The number of nitrogens with zero attached hydrogens (tertiary/aromatic N) is 4. The number of aryl methyl sites for hydroxylation is 2. The monoisotopic (exact) mass is 457 g/mol. The zero-order chi connectivity index (χ0) is 22.0. The quantitative estimate of drug-likeness (QED) is 0.577. The third-order valence-corrected chi connectivity index (χ3v) is 6.69. The molecule has 0 spiro atoms. The minimum atomic E-state index is -0.671. The molecule has 0 saturated heterocycles. The zero-order valence-electron chi connectivity index (χ0n) is 17.5. The van der Waals surface area contributed by atoms with E-state index in [0.29, 0.717) is 16.6 Å². The molecule has 1 atom stereocenters. The van der Waals surface area contributed by atoms with Crippen LogP contribution < -0.4 is 15.0 Å². The fraction of sp³-hybridized carbons (Fsp3) is 0.381. The summed E-state index contributed by atoms with van der Waals surface area (Å²) in [6, 6.07) is 5.62. The van der Waals surface area contributed by atoms with Crippen LogP contribution in [0.1, 0.15) is 37.2 Å². The second kappa shape index (κ2) is 9.11. The van der Waals surface area contributed by atoms with Gasteiger partial charge < -0.3 is 4.74 Å². The van der Waals surface area contributed by atoms with Gasteiger partial charge >= 0.3 is 0 Å². The van der Waals surface area contributed by atoms with Crippen molar-refractivity contribution in [3.63, 3.8) is 0 Å². The highest BCUT2D eigenvalue weighted by atomic mass is 32.1. The van der Waals surface area contributed by atoms with Crippen molar-refractivity contribution in [1.29, 1.82) is 0 Å². The molecule has 1 aliphatic heterocycles. The van der Waals surface area contributed by atoms with Crippen molar-refractivity contribution in [2.75, 3.05) is 16.8 Å². The lowest BCUT2D eigenvalue weighted by Crippen LogP contribution is -2.47. The molecule has 31 heavy (non-hydrogen) atoms. The van der Waals surface area contributed by atoms with Gasteiger partial charge in [-0.1, -0.05) is 25.2 Å². The van der Waals surface area contributed by atoms with Crippen molar-refractivity contribution in [3.05, 3.63) is 33.6 Å². The fourth-order valence-electron chi connectivity index (χ4n) is 3.25. The highest BCUT2D eigenvalue weighted by Crippen LogP contribution is 2.37. The third kappa shape index (κ3) is 4.59. The summed E-state index contributed by atoms with van der Waals surface area (Å²) in [7, 11) is 0. The lowest BCUT2D eigenvalue weighted by molar-refractivity contribution is -0.127. The Balaban J connectivity index is 1.59. The maximum Gasteiger partial charge on any atom is 0.268 e. The third-order valence-electron chi connectivity index (χ3n) is 4.80. The van der Waals surface area contributed by atoms with Crippen LogP contribution in [0.25, 0.3) is 11.3 Å². The molecule has 0 aliphatic carbocycles. The molecule has 2 amide bonds. The summed E-state index contributed by atoms with van der Waals surface area (Å²) >= 11 is 2.95. The summed E-state index contributed by atoms with van der Waals surface area (Å²) in [4.78, 5) is 31.6. The molecule has 3 aromatic rings. The predicted molar refractivity (Wildman–Crippen MR) is 122 cm³/mol. The highest BCUT2D eigenvalue weighted by Gasteiger charge is 2.33. The molecule has 0 fully saturated rings. The summed E-state index contributed by atoms with van der Waals surface area (Å²) < 4.78 is 5.77. The number of carbonyl (C=O) groups is 2. The van der Waals surface area contributed by atoms with Gasteiger partial charge in [-0.15, -0.1) is 21.5 Å². The van der Waals surface area contributed by atoms with Crippen molar-refractivity contribution in [1.82, 2.24) is 15.2 Å². The minimum Gasteiger partial charge on any atom is -0.479 e. The average Bonchev–Trinajstić information content (AvgIpc) is 3.41. The number of nitrogens with one attached hydrogen (secondary N) is 1. The van der Waals surface area contributed by atoms with Crippen molar-refractivity contribution in [2.24, 2.45) is 0 Å². The molecular formula is C21H23N5O3S2. The summed E-state index contributed by atoms with van der Waals surface area (Å²) in [5.41, 5.74) is 2.30. The van der Waals surface area contributed by atoms with Gasteiger partial charge in [0.2, 0.25) is 11.0 Å². The molecule has 162 valence electrons. The standard InChI is InChI=1S/C21H23N5O3S2/c1-4-6-19-22-14(11-30-19)13-7-8-16-15(9-13)26(20(28)12(3)29-16)10-17(27)23-21-25-24-18(5-2)31-21/h7-9,11-12H,4-6,10H2,1-3H3,(H,23,25,27). The number of amides is 2. The van der Waals surface area contributed by atoms with Gasteiger partial charge in [0.05, 0.1) is 16.4 Å². The summed E-state index contributed by atoms with van der Waals surface area (Å²) in [5, 5.41) is 15.1. The molecule has 3 heterocycles. The molecule has 2 aromatic heterocycles. The zero-order valence-corrected chi connectivity index (χ0v) is 19.2. The number of benzene rings is 1. The van der Waals surface area contributed by atoms with Gasteiger partial charge in [0.25, 0.3) is 5.91 Å². The maximum absolute atomic E-state index is 12.8. The molecule has 0 saturated carbocycles. The lowest BCUT2D eigenvalue weighted by Gasteiger charge is -2.32. The molecule has 8 nitrogen and oxygen atoms in total. The van der Waals surface area contributed by atoms with Gasteiger partial charge in [-0.2, -0.15) is 0 Å². The Bertz CT molecular complexity index is 1110. The van der Waals surface area contributed by atoms with Gasteiger partial charge in [-0.3, -0.25) is 19.8 Å². The largest absolute Gasteiger partial charge is 0.479 e. The molecule has 4 rings (SSSR count). The minimum absolute atomic E-state index is 0.137. The molecule has 10 heteroatoms. The first-order valence-corrected chi connectivity index (χ1v) is 11.9. The van der Waals surface area contributed by atoms with E-state index in [4.69, 9.17) is 4.74 Å². The van der Waals surface area contributed by atoms with Gasteiger partial charge in [0, 0.05) is 10.9 Å². The Kier molecular flexibility index (Phi) is 6.28. The normalized spacial score (nSPS) is 15.5. The Hall–Kier alpha value is -2.85. The number of carbonyl (C=O) groups excluding carboxylic acids is 2. The van der Waals surface area contributed by atoms with E-state index in [2.05, 4.69) is 27.4 Å². The fourth-order valence-corrected chi connectivity index (χ4v) is 4.86. The predicted octanol–water partition coefficient (Wildman–Crippen LogP) is 3.93. The van der Waals surface area contributed by atoms with Crippen molar-refractivity contribution in [2.45, 2.75) is 46.1 Å². The van der Waals surface area contributed by atoms with E-state index in [1.54, 1.807) is 18.3 Å². The Morgan fingerprint density at radius 3 is 2.84 bits per heavy atom. The van der Waals surface area contributed by atoms with Crippen molar-refractivity contribution < 1.29 is 14.3 Å². The second-order valence-corrected chi connectivity index (χ2v) is 9.15. The van der Waals surface area contributed by atoms with E-state index >= 15 is 0 Å². The van der Waals surface area contributed by atoms with Crippen LogP contribution in [0, 0.1) is 0 Å². The number of hydrogen-bond donors (Lipinski definition) is 1. The van der Waals surface area contributed by atoms with E-state index in [0.717, 1.165) is 40.5 Å². The van der Waals surface area contributed by atoms with Crippen LogP contribution in [-0.4, -0.2) is 39.6 Å². The maximum atomic E-state index is 12.8. The summed E-state index contributed by atoms with van der Waals surface area (Å²) in [5.74, 6) is -0.0374. The van der Waals surface area contributed by atoms with E-state index in [-0.39, 0.29) is 18.4 Å². The highest BCUT2D eigenvalue weighted by molar-refractivity contribution is 7.15. The van der Waals surface area contributed by atoms with Gasteiger partial charge in [-0.25, -0.2) is 4.98 Å². The van der Waals surface area contributed by atoms with E-state index in [1.807, 2.05) is 30.5 Å². The summed E-state index contributed by atoms with van der Waals surface area (Å²) in [6.45, 7) is 5.64. The van der Waals surface area contributed by atoms with Crippen LogP contribution in [-0.2, 0) is 22.4 Å². The number of thiazole rings is 1. The number of ether oxygens (including phenoxy) is 1. The number of aromatic nitrogens is 3. The Labute approximate surface area is 188 Å². The first-order valence-electron chi connectivity index (χ1n) is 10.2. The number of fused-ring (bicyclic) bond motifs is 1. The molecule has 1 unspecified atom stereocenters. The number of hydrogen-bond acceptors (Lipinski definition) is 8. The van der Waals surface area contributed by atoms with E-state index in [1.165, 1.54) is 16.2 Å². The van der Waals surface area contributed by atoms with Crippen LogP contribution in [0.3, 0.4) is 0 Å². The van der Waals surface area contributed by atoms with Gasteiger partial charge in [0.1, 0.15) is 17.3 Å². The van der Waals surface area contributed by atoms with Gasteiger partial charge in [0.15, 0.2) is 6.10 Å². The van der Waals surface area contributed by atoms with Crippen molar-refractivity contribution >= 4 is 45.3 Å². The van der Waals surface area contributed by atoms with Crippen LogP contribution in [0.15, 0.2) is 23.6 Å². The van der Waals surface area contributed by atoms with E-state index < -0.39 is 6.10 Å². The topological polar surface area (TPSA) is 97.3 Å². The molecule has 0 radical (unpaired) electrons. The summed E-state index contributed by atoms with van der Waals surface area (Å²) in [6.07, 6.45) is 2.05. The number of rotatable bonds is 7. The van der Waals surface area contributed by atoms with E-state index in [9.17, 15) is 9.59 Å². The van der Waals surface area contributed by atoms with Gasteiger partial charge in [-0.05, 0) is 44.4 Å². The number of anilines is 2. The first-order chi connectivity index (χ1) is 15.0. The first kappa shape index (κ1) is 21.4. The van der Waals surface area contributed by atoms with Crippen LogP contribution in [0.5, 0.6) is 5.75 Å². The molecule has 1 aromatic carbocycles. The smallest absolute Gasteiger partial charge is 0.268 e.